The second-order valence-corrected chi connectivity index (χ2v) is 8.98. The number of sulfonamides is 1. The van der Waals surface area contributed by atoms with Crippen molar-refractivity contribution in [3.63, 3.8) is 0 Å². The number of nitrogens with zero attached hydrogens (tertiary/aromatic N) is 1. The van der Waals surface area contributed by atoms with Gasteiger partial charge in [-0.15, -0.1) is 0 Å². The number of rotatable bonds is 12. The quantitative estimate of drug-likeness (QED) is 0.503. The van der Waals surface area contributed by atoms with Crippen LogP contribution in [0.5, 0.6) is 11.5 Å². The largest absolute Gasteiger partial charge is 0.497 e. The highest BCUT2D eigenvalue weighted by molar-refractivity contribution is 7.92. The molecule has 0 aliphatic rings. The number of anilines is 1. The highest BCUT2D eigenvalue weighted by Gasteiger charge is 2.31. The van der Waals surface area contributed by atoms with E-state index in [0.717, 1.165) is 24.0 Å². The fourth-order valence-corrected chi connectivity index (χ4v) is 4.62. The summed E-state index contributed by atoms with van der Waals surface area (Å²) in [5.41, 5.74) is 1.51. The van der Waals surface area contributed by atoms with Gasteiger partial charge in [0.15, 0.2) is 0 Å². The van der Waals surface area contributed by atoms with Crippen molar-refractivity contribution < 1.29 is 22.7 Å². The Morgan fingerprint density at radius 3 is 2.35 bits per heavy atom. The number of ether oxygens (including phenoxy) is 2. The molecule has 0 saturated heterocycles. The summed E-state index contributed by atoms with van der Waals surface area (Å²) in [6.45, 7) is 4.77. The van der Waals surface area contributed by atoms with Crippen LogP contribution in [0.25, 0.3) is 0 Å². The van der Waals surface area contributed by atoms with E-state index in [1.54, 1.807) is 38.3 Å². The average molecular weight is 449 g/mol. The molecule has 0 radical (unpaired) electrons. The molecule has 7 nitrogen and oxygen atoms in total. The standard InChI is InChI=1S/C23H32N2O5S/c1-5-21(25(31(4,27)28)19-13-15-20(29-3)16-14-19)23(26)24-17-9-11-18-10-7-8-12-22(18)30-6-2/h7-8,10,12-16,21H,5-6,9,11,17H2,1-4H3,(H,24,26)/t21-/m1/s1. The summed E-state index contributed by atoms with van der Waals surface area (Å²) in [7, 11) is -2.12. The number of nitrogens with one attached hydrogen (secondary N) is 1. The molecule has 2 aromatic carbocycles. The van der Waals surface area contributed by atoms with Crippen molar-refractivity contribution in [3.8, 4) is 11.5 Å². The summed E-state index contributed by atoms with van der Waals surface area (Å²) >= 11 is 0. The normalized spacial score (nSPS) is 12.1. The fourth-order valence-electron chi connectivity index (χ4n) is 3.40. The topological polar surface area (TPSA) is 84.9 Å². The van der Waals surface area contributed by atoms with Crippen LogP contribution in [-0.2, 0) is 21.2 Å². The third kappa shape index (κ3) is 6.89. The maximum Gasteiger partial charge on any atom is 0.243 e. The number of hydrogen-bond acceptors (Lipinski definition) is 5. The summed E-state index contributed by atoms with van der Waals surface area (Å²) in [6, 6.07) is 13.6. The third-order valence-corrected chi connectivity index (χ3v) is 6.03. The fraction of sp³-hybridized carbons (Fsp3) is 0.435. The molecular weight excluding hydrogens is 416 g/mol. The van der Waals surface area contributed by atoms with Gasteiger partial charge in [0.25, 0.3) is 0 Å². The van der Waals surface area contributed by atoms with Gasteiger partial charge in [0.1, 0.15) is 17.5 Å². The van der Waals surface area contributed by atoms with Crippen molar-refractivity contribution >= 4 is 21.6 Å². The van der Waals surface area contributed by atoms with Gasteiger partial charge in [0.05, 0.1) is 25.7 Å². The minimum atomic E-state index is -3.66. The summed E-state index contributed by atoms with van der Waals surface area (Å²) in [4.78, 5) is 12.9. The Kier molecular flexibility index (Phi) is 9.18. The third-order valence-electron chi connectivity index (χ3n) is 4.85. The number of amides is 1. The molecule has 0 spiro atoms. The lowest BCUT2D eigenvalue weighted by atomic mass is 10.1. The molecule has 0 saturated carbocycles. The summed E-state index contributed by atoms with van der Waals surface area (Å²) in [5, 5.41) is 2.89. The number of hydrogen-bond donors (Lipinski definition) is 1. The molecule has 0 unspecified atom stereocenters. The molecule has 170 valence electrons. The van der Waals surface area contributed by atoms with Gasteiger partial charge in [0, 0.05) is 6.54 Å². The van der Waals surface area contributed by atoms with E-state index in [9.17, 15) is 13.2 Å². The molecule has 1 atom stereocenters. The molecule has 1 N–H and O–H groups in total. The van der Waals surface area contributed by atoms with Gasteiger partial charge in [-0.2, -0.15) is 0 Å². The lowest BCUT2D eigenvalue weighted by molar-refractivity contribution is -0.122. The lowest BCUT2D eigenvalue weighted by Crippen LogP contribution is -2.49. The van der Waals surface area contributed by atoms with Crippen LogP contribution >= 0.6 is 0 Å². The highest BCUT2D eigenvalue weighted by Crippen LogP contribution is 2.25. The zero-order valence-electron chi connectivity index (χ0n) is 18.6. The van der Waals surface area contributed by atoms with Crippen LogP contribution < -0.4 is 19.1 Å². The van der Waals surface area contributed by atoms with Crippen LogP contribution in [0.2, 0.25) is 0 Å². The number of carbonyl (C=O) groups is 1. The van der Waals surface area contributed by atoms with Crippen LogP contribution in [-0.4, -0.2) is 46.9 Å². The van der Waals surface area contributed by atoms with Crippen LogP contribution in [0.1, 0.15) is 32.3 Å². The summed E-state index contributed by atoms with van der Waals surface area (Å²) < 4.78 is 37.0. The molecule has 0 heterocycles. The molecule has 0 bridgehead atoms. The monoisotopic (exact) mass is 448 g/mol. The molecule has 2 aromatic rings. The van der Waals surface area contributed by atoms with Crippen molar-refractivity contribution in [1.29, 1.82) is 0 Å². The van der Waals surface area contributed by atoms with Crippen molar-refractivity contribution in [2.24, 2.45) is 0 Å². The molecule has 8 heteroatoms. The number of carbonyl (C=O) groups excluding carboxylic acids is 1. The van der Waals surface area contributed by atoms with E-state index in [4.69, 9.17) is 9.47 Å². The minimum absolute atomic E-state index is 0.318. The zero-order valence-corrected chi connectivity index (χ0v) is 19.4. The van der Waals surface area contributed by atoms with Crippen LogP contribution in [0.3, 0.4) is 0 Å². The van der Waals surface area contributed by atoms with E-state index in [-0.39, 0.29) is 5.91 Å². The Balaban J connectivity index is 2.05. The van der Waals surface area contributed by atoms with E-state index in [1.807, 2.05) is 31.2 Å². The van der Waals surface area contributed by atoms with Crippen molar-refractivity contribution in [1.82, 2.24) is 5.32 Å². The summed E-state index contributed by atoms with van der Waals surface area (Å²) in [5.74, 6) is 1.15. The Labute approximate surface area is 185 Å². The Morgan fingerprint density at radius 2 is 1.77 bits per heavy atom. The Morgan fingerprint density at radius 1 is 1.10 bits per heavy atom. The smallest absolute Gasteiger partial charge is 0.243 e. The van der Waals surface area contributed by atoms with Crippen molar-refractivity contribution in [3.05, 3.63) is 54.1 Å². The molecule has 31 heavy (non-hydrogen) atoms. The van der Waals surface area contributed by atoms with Gasteiger partial charge < -0.3 is 14.8 Å². The van der Waals surface area contributed by atoms with E-state index in [1.165, 1.54) is 4.31 Å². The Bertz CT molecular complexity index is 945. The maximum atomic E-state index is 12.9. The van der Waals surface area contributed by atoms with Gasteiger partial charge in [-0.05, 0) is 62.1 Å². The minimum Gasteiger partial charge on any atom is -0.497 e. The van der Waals surface area contributed by atoms with Crippen molar-refractivity contribution in [2.75, 3.05) is 30.8 Å². The second kappa shape index (κ2) is 11.6. The molecule has 2 rings (SSSR count). The highest BCUT2D eigenvalue weighted by atomic mass is 32.2. The lowest BCUT2D eigenvalue weighted by Gasteiger charge is -2.30. The van der Waals surface area contributed by atoms with E-state index >= 15 is 0 Å². The second-order valence-electron chi connectivity index (χ2n) is 7.12. The van der Waals surface area contributed by atoms with E-state index in [2.05, 4.69) is 5.32 Å². The predicted octanol–water partition coefficient (Wildman–Crippen LogP) is 3.39. The first-order valence-corrected chi connectivity index (χ1v) is 12.3. The van der Waals surface area contributed by atoms with Crippen LogP contribution in [0.4, 0.5) is 5.69 Å². The number of para-hydroxylation sites is 1. The van der Waals surface area contributed by atoms with Gasteiger partial charge in [-0.25, -0.2) is 8.42 Å². The number of methoxy groups -OCH3 is 1. The number of aryl methyl sites for hydroxylation is 1. The van der Waals surface area contributed by atoms with Gasteiger partial charge in [0.2, 0.25) is 15.9 Å². The predicted molar refractivity (Wildman–Crippen MR) is 123 cm³/mol. The summed E-state index contributed by atoms with van der Waals surface area (Å²) in [6.07, 6.45) is 2.92. The average Bonchev–Trinajstić information content (AvgIpc) is 2.75. The first-order chi connectivity index (χ1) is 14.8. The van der Waals surface area contributed by atoms with Crippen LogP contribution in [0.15, 0.2) is 48.5 Å². The van der Waals surface area contributed by atoms with Gasteiger partial charge in [-0.1, -0.05) is 25.1 Å². The molecule has 0 fully saturated rings. The Hall–Kier alpha value is -2.74. The van der Waals surface area contributed by atoms with Crippen LogP contribution in [0, 0.1) is 0 Å². The molecule has 1 amide bonds. The molecular formula is C23H32N2O5S. The van der Waals surface area contributed by atoms with Gasteiger partial charge >= 0.3 is 0 Å². The number of benzene rings is 2. The zero-order chi connectivity index (χ0) is 22.9. The molecule has 0 aliphatic heterocycles. The maximum absolute atomic E-state index is 12.9. The molecule has 0 aliphatic carbocycles. The first-order valence-electron chi connectivity index (χ1n) is 10.4. The van der Waals surface area contributed by atoms with Crippen molar-refractivity contribution in [2.45, 2.75) is 39.2 Å². The van der Waals surface area contributed by atoms with E-state index < -0.39 is 16.1 Å². The molecule has 0 aromatic heterocycles. The SMILES string of the molecule is CCOc1ccccc1CCCNC(=O)[C@@H](CC)N(c1ccc(OC)cc1)S(C)(=O)=O. The first kappa shape index (κ1) is 24.5. The van der Waals surface area contributed by atoms with Gasteiger partial charge in [-0.3, -0.25) is 9.10 Å². The van der Waals surface area contributed by atoms with E-state index in [0.29, 0.717) is 37.4 Å².